The first-order valence-electron chi connectivity index (χ1n) is 13.7. The molecule has 4 rings (SSSR count). The molecule has 0 spiro atoms. The molecular weight excluding hydrogens is 490 g/mol. The van der Waals surface area contributed by atoms with Crippen molar-refractivity contribution in [2.24, 2.45) is 0 Å². The number of hydrogen-bond donors (Lipinski definition) is 2. The van der Waals surface area contributed by atoms with Crippen molar-refractivity contribution in [1.82, 2.24) is 10.6 Å². The lowest BCUT2D eigenvalue weighted by Gasteiger charge is -2.35. The molecule has 3 aromatic rings. The molecule has 7 heteroatoms. The van der Waals surface area contributed by atoms with E-state index < -0.39 is 0 Å². The third-order valence-electron chi connectivity index (χ3n) is 7.40. The van der Waals surface area contributed by atoms with Crippen molar-refractivity contribution in [2.45, 2.75) is 44.6 Å². The summed E-state index contributed by atoms with van der Waals surface area (Å²) in [5.41, 5.74) is 3.72. The predicted molar refractivity (Wildman–Crippen MR) is 155 cm³/mol. The van der Waals surface area contributed by atoms with E-state index in [9.17, 15) is 9.59 Å². The van der Waals surface area contributed by atoms with Gasteiger partial charge >= 0.3 is 0 Å². The quantitative estimate of drug-likeness (QED) is 0.367. The molecule has 2 amide bonds. The van der Waals surface area contributed by atoms with Crippen molar-refractivity contribution < 1.29 is 19.1 Å². The van der Waals surface area contributed by atoms with E-state index in [-0.39, 0.29) is 23.8 Å². The Morgan fingerprint density at radius 3 is 2.31 bits per heavy atom. The molecule has 1 unspecified atom stereocenters. The molecule has 0 radical (unpaired) electrons. The number of methoxy groups -OCH3 is 2. The van der Waals surface area contributed by atoms with Crippen molar-refractivity contribution in [3.05, 3.63) is 89.5 Å². The number of nitrogens with one attached hydrogen (secondary N) is 2. The Labute approximate surface area is 231 Å². The molecule has 1 saturated heterocycles. The van der Waals surface area contributed by atoms with Crippen molar-refractivity contribution in [2.75, 3.05) is 38.8 Å². The van der Waals surface area contributed by atoms with Crippen LogP contribution in [0.25, 0.3) is 0 Å². The smallest absolute Gasteiger partial charge is 0.253 e. The summed E-state index contributed by atoms with van der Waals surface area (Å²) >= 11 is 0. The molecule has 0 aliphatic carbocycles. The third-order valence-corrected chi connectivity index (χ3v) is 7.40. The summed E-state index contributed by atoms with van der Waals surface area (Å²) in [4.78, 5) is 28.4. The fourth-order valence-electron chi connectivity index (χ4n) is 5.22. The van der Waals surface area contributed by atoms with Crippen LogP contribution in [0.5, 0.6) is 11.5 Å². The Bertz CT molecular complexity index is 1240. The van der Waals surface area contributed by atoms with Crippen molar-refractivity contribution in [1.29, 1.82) is 0 Å². The van der Waals surface area contributed by atoms with Gasteiger partial charge in [0.15, 0.2) is 11.5 Å². The minimum absolute atomic E-state index is 0.0878. The van der Waals surface area contributed by atoms with Crippen LogP contribution in [0, 0.1) is 0 Å². The number of ether oxygens (including phenoxy) is 2. The molecule has 39 heavy (non-hydrogen) atoms. The number of carbonyl (C=O) groups excluding carboxylic acids is 2. The van der Waals surface area contributed by atoms with Gasteiger partial charge in [-0.3, -0.25) is 9.59 Å². The molecule has 0 bridgehead atoms. The Kier molecular flexibility index (Phi) is 9.84. The van der Waals surface area contributed by atoms with Gasteiger partial charge in [-0.2, -0.15) is 0 Å². The van der Waals surface area contributed by atoms with Crippen LogP contribution in [0.3, 0.4) is 0 Å². The second-order valence-corrected chi connectivity index (χ2v) is 9.85. The van der Waals surface area contributed by atoms with E-state index in [0.29, 0.717) is 30.0 Å². The molecule has 1 aliphatic heterocycles. The van der Waals surface area contributed by atoms with Crippen LogP contribution in [-0.2, 0) is 11.2 Å². The van der Waals surface area contributed by atoms with Crippen LogP contribution in [0.15, 0.2) is 72.8 Å². The summed E-state index contributed by atoms with van der Waals surface area (Å²) in [6.07, 6.45) is 3.13. The number of benzene rings is 3. The van der Waals surface area contributed by atoms with Gasteiger partial charge in [0.2, 0.25) is 5.91 Å². The first-order valence-corrected chi connectivity index (χ1v) is 13.7. The summed E-state index contributed by atoms with van der Waals surface area (Å²) in [5, 5.41) is 6.34. The molecule has 0 saturated carbocycles. The van der Waals surface area contributed by atoms with Crippen LogP contribution < -0.4 is 25.0 Å². The number of piperidine rings is 1. The molecule has 0 aromatic heterocycles. The number of carbonyl (C=O) groups is 2. The zero-order valence-corrected chi connectivity index (χ0v) is 23.1. The van der Waals surface area contributed by atoms with Crippen LogP contribution in [-0.4, -0.2) is 51.7 Å². The van der Waals surface area contributed by atoms with Crippen LogP contribution >= 0.6 is 0 Å². The van der Waals surface area contributed by atoms with Gasteiger partial charge in [-0.15, -0.1) is 0 Å². The Hall–Kier alpha value is -4.00. The molecule has 3 aromatic carbocycles. The van der Waals surface area contributed by atoms with Gasteiger partial charge < -0.3 is 25.0 Å². The average Bonchev–Trinajstić information content (AvgIpc) is 2.98. The molecule has 1 fully saturated rings. The van der Waals surface area contributed by atoms with Gasteiger partial charge in [0, 0.05) is 31.4 Å². The van der Waals surface area contributed by atoms with Gasteiger partial charge in [-0.1, -0.05) is 55.5 Å². The molecule has 1 atom stereocenters. The van der Waals surface area contributed by atoms with E-state index in [0.717, 1.165) is 49.2 Å². The maximum absolute atomic E-state index is 13.1. The zero-order valence-electron chi connectivity index (χ0n) is 23.1. The van der Waals surface area contributed by atoms with E-state index in [4.69, 9.17) is 9.47 Å². The van der Waals surface area contributed by atoms with Gasteiger partial charge in [0.1, 0.15) is 0 Å². The predicted octanol–water partition coefficient (Wildman–Crippen LogP) is 4.96. The van der Waals surface area contributed by atoms with E-state index >= 15 is 0 Å². The maximum atomic E-state index is 13.1. The zero-order chi connectivity index (χ0) is 27.6. The normalized spacial score (nSPS) is 14.4. The molecule has 1 aliphatic rings. The first kappa shape index (κ1) is 28.0. The third kappa shape index (κ3) is 7.11. The summed E-state index contributed by atoms with van der Waals surface area (Å²) in [5.74, 6) is 1.24. The van der Waals surface area contributed by atoms with E-state index in [2.05, 4.69) is 22.5 Å². The topological polar surface area (TPSA) is 79.9 Å². The number of nitrogens with zero attached hydrogens (tertiary/aromatic N) is 1. The molecular formula is C32H39N3O4. The Balaban J connectivity index is 1.31. The monoisotopic (exact) mass is 529 g/mol. The van der Waals surface area contributed by atoms with Crippen LogP contribution in [0.4, 0.5) is 5.69 Å². The number of para-hydroxylation sites is 1. The van der Waals surface area contributed by atoms with Crippen molar-refractivity contribution in [3.63, 3.8) is 0 Å². The molecule has 1 heterocycles. The minimum atomic E-state index is -0.132. The molecule has 206 valence electrons. The first-order chi connectivity index (χ1) is 19.0. The van der Waals surface area contributed by atoms with Crippen molar-refractivity contribution in [3.8, 4) is 11.5 Å². The highest BCUT2D eigenvalue weighted by molar-refractivity contribution is 5.99. The summed E-state index contributed by atoms with van der Waals surface area (Å²) < 4.78 is 10.7. The minimum Gasteiger partial charge on any atom is -0.493 e. The number of anilines is 1. The molecule has 2 N–H and O–H groups in total. The molecule has 7 nitrogen and oxygen atoms in total. The van der Waals surface area contributed by atoms with Gasteiger partial charge in [0.05, 0.1) is 25.7 Å². The standard InChI is InChI=1S/C32H39N3O4/c1-4-26(24-10-6-5-7-11-24)32(37)34-25-17-20-35(21-18-25)28-13-9-8-12-27(28)31(36)33-19-16-23-14-15-29(38-2)30(22-23)39-3/h5-15,22,25-26H,4,16-21H2,1-3H3,(H,33,36)(H,34,37). The van der Waals surface area contributed by atoms with Gasteiger partial charge in [-0.25, -0.2) is 0 Å². The largest absolute Gasteiger partial charge is 0.493 e. The SMILES string of the molecule is CCC(C(=O)NC1CCN(c2ccccc2C(=O)NCCc2ccc(OC)c(OC)c2)CC1)c1ccccc1. The highest BCUT2D eigenvalue weighted by Gasteiger charge is 2.26. The van der Waals surface area contributed by atoms with E-state index in [1.54, 1.807) is 14.2 Å². The second kappa shape index (κ2) is 13.7. The number of rotatable bonds is 11. The lowest BCUT2D eigenvalue weighted by molar-refractivity contribution is -0.123. The number of hydrogen-bond acceptors (Lipinski definition) is 5. The van der Waals surface area contributed by atoms with E-state index in [1.165, 1.54) is 0 Å². The highest BCUT2D eigenvalue weighted by atomic mass is 16.5. The summed E-state index contributed by atoms with van der Waals surface area (Å²) in [7, 11) is 3.23. The van der Waals surface area contributed by atoms with Crippen LogP contribution in [0.2, 0.25) is 0 Å². The Morgan fingerprint density at radius 2 is 1.62 bits per heavy atom. The highest BCUT2D eigenvalue weighted by Crippen LogP contribution is 2.28. The van der Waals surface area contributed by atoms with E-state index in [1.807, 2.05) is 72.8 Å². The number of amides is 2. The van der Waals surface area contributed by atoms with Crippen LogP contribution in [0.1, 0.15) is 53.6 Å². The van der Waals surface area contributed by atoms with Gasteiger partial charge in [-0.05, 0) is 61.1 Å². The summed E-state index contributed by atoms with van der Waals surface area (Å²) in [6.45, 7) is 4.12. The second-order valence-electron chi connectivity index (χ2n) is 9.85. The maximum Gasteiger partial charge on any atom is 0.253 e. The summed E-state index contributed by atoms with van der Waals surface area (Å²) in [6, 6.07) is 23.6. The van der Waals surface area contributed by atoms with Crippen molar-refractivity contribution >= 4 is 17.5 Å². The fourth-order valence-corrected chi connectivity index (χ4v) is 5.22. The average molecular weight is 530 g/mol. The van der Waals surface area contributed by atoms with Gasteiger partial charge in [0.25, 0.3) is 5.91 Å². The Morgan fingerprint density at radius 1 is 0.923 bits per heavy atom. The lowest BCUT2D eigenvalue weighted by Crippen LogP contribution is -2.46. The fraction of sp³-hybridized carbons (Fsp3) is 0.375. The lowest BCUT2D eigenvalue weighted by atomic mass is 9.94.